The SMILES string of the molecule is O=C(O)C1CCCN(C(=O)Nc2cc(Cl)c(F)c(Cl)c2)C1. The Morgan fingerprint density at radius 2 is 1.95 bits per heavy atom. The second-order valence-electron chi connectivity index (χ2n) is 4.81. The number of halogens is 3. The molecule has 1 atom stereocenters. The van der Waals surface area contributed by atoms with Crippen LogP contribution in [0.15, 0.2) is 12.1 Å². The van der Waals surface area contributed by atoms with E-state index in [2.05, 4.69) is 5.32 Å². The van der Waals surface area contributed by atoms with E-state index in [0.29, 0.717) is 19.4 Å². The summed E-state index contributed by atoms with van der Waals surface area (Å²) in [4.78, 5) is 24.5. The molecule has 0 aliphatic carbocycles. The summed E-state index contributed by atoms with van der Waals surface area (Å²) >= 11 is 11.3. The number of nitrogens with one attached hydrogen (secondary N) is 1. The first-order chi connectivity index (χ1) is 9.88. The minimum atomic E-state index is -0.916. The molecule has 2 rings (SSSR count). The van der Waals surface area contributed by atoms with Crippen molar-refractivity contribution in [1.82, 2.24) is 4.90 Å². The number of hydrogen-bond donors (Lipinski definition) is 2. The van der Waals surface area contributed by atoms with E-state index in [9.17, 15) is 14.0 Å². The van der Waals surface area contributed by atoms with Crippen LogP contribution in [0.5, 0.6) is 0 Å². The maximum atomic E-state index is 13.3. The molecule has 1 aliphatic rings. The molecule has 0 spiro atoms. The Kier molecular flexibility index (Phi) is 4.90. The van der Waals surface area contributed by atoms with Gasteiger partial charge >= 0.3 is 12.0 Å². The van der Waals surface area contributed by atoms with Crippen LogP contribution in [0.1, 0.15) is 12.8 Å². The molecule has 0 saturated carbocycles. The number of nitrogens with zero attached hydrogens (tertiary/aromatic N) is 1. The van der Waals surface area contributed by atoms with Crippen LogP contribution in [0.2, 0.25) is 10.0 Å². The number of likely N-dealkylation sites (tertiary alicyclic amines) is 1. The fourth-order valence-corrected chi connectivity index (χ4v) is 2.68. The molecule has 8 heteroatoms. The van der Waals surface area contributed by atoms with Crippen LogP contribution in [0, 0.1) is 11.7 Å². The van der Waals surface area contributed by atoms with Crippen molar-refractivity contribution in [2.45, 2.75) is 12.8 Å². The van der Waals surface area contributed by atoms with Crippen LogP contribution < -0.4 is 5.32 Å². The molecule has 1 aromatic carbocycles. The van der Waals surface area contributed by atoms with Gasteiger partial charge in [-0.3, -0.25) is 4.79 Å². The molecule has 114 valence electrons. The summed E-state index contributed by atoms with van der Waals surface area (Å²) < 4.78 is 13.3. The van der Waals surface area contributed by atoms with E-state index in [1.165, 1.54) is 17.0 Å². The highest BCUT2D eigenvalue weighted by Crippen LogP contribution is 2.27. The summed E-state index contributed by atoms with van der Waals surface area (Å²) in [7, 11) is 0. The van der Waals surface area contributed by atoms with Crippen LogP contribution in [0.4, 0.5) is 14.9 Å². The quantitative estimate of drug-likeness (QED) is 0.813. The third-order valence-corrected chi connectivity index (χ3v) is 3.84. The number of carboxylic acid groups (broad SMARTS) is 1. The van der Waals surface area contributed by atoms with Gasteiger partial charge in [-0.15, -0.1) is 0 Å². The molecule has 1 saturated heterocycles. The van der Waals surface area contributed by atoms with Crippen LogP contribution in [0.25, 0.3) is 0 Å². The Balaban J connectivity index is 2.06. The maximum Gasteiger partial charge on any atom is 0.321 e. The largest absolute Gasteiger partial charge is 0.481 e. The minimum absolute atomic E-state index is 0.143. The lowest BCUT2D eigenvalue weighted by Crippen LogP contribution is -2.44. The van der Waals surface area contributed by atoms with E-state index in [1.807, 2.05) is 0 Å². The van der Waals surface area contributed by atoms with E-state index in [1.54, 1.807) is 0 Å². The highest BCUT2D eigenvalue weighted by Gasteiger charge is 2.28. The highest BCUT2D eigenvalue weighted by molar-refractivity contribution is 6.35. The molecule has 0 radical (unpaired) electrons. The van der Waals surface area contributed by atoms with Crippen molar-refractivity contribution >= 4 is 40.9 Å². The zero-order valence-electron chi connectivity index (χ0n) is 10.9. The summed E-state index contributed by atoms with van der Waals surface area (Å²) in [5.41, 5.74) is 0.258. The molecule has 1 unspecified atom stereocenters. The number of piperidine rings is 1. The van der Waals surface area contributed by atoms with Crippen molar-refractivity contribution in [3.63, 3.8) is 0 Å². The zero-order chi connectivity index (χ0) is 15.6. The van der Waals surface area contributed by atoms with Crippen molar-refractivity contribution in [2.75, 3.05) is 18.4 Å². The first-order valence-electron chi connectivity index (χ1n) is 6.31. The normalized spacial score (nSPS) is 18.4. The molecule has 1 aliphatic heterocycles. The Bertz CT molecular complexity index is 560. The lowest BCUT2D eigenvalue weighted by atomic mass is 9.99. The number of urea groups is 1. The molecule has 1 aromatic rings. The van der Waals surface area contributed by atoms with E-state index >= 15 is 0 Å². The summed E-state index contributed by atoms with van der Waals surface area (Å²) in [6, 6.07) is 2.04. The first kappa shape index (κ1) is 15.9. The summed E-state index contributed by atoms with van der Waals surface area (Å²) in [6.45, 7) is 0.613. The average molecular weight is 335 g/mol. The monoisotopic (exact) mass is 334 g/mol. The van der Waals surface area contributed by atoms with E-state index in [-0.39, 0.29) is 22.3 Å². The molecular formula is C13H13Cl2FN2O3. The Labute approximate surface area is 130 Å². The molecule has 2 amide bonds. The lowest BCUT2D eigenvalue weighted by Gasteiger charge is -2.30. The van der Waals surface area contributed by atoms with Gasteiger partial charge in [0.2, 0.25) is 0 Å². The standard InChI is InChI=1S/C13H13Cl2FN2O3/c14-9-4-8(5-10(15)11(9)16)17-13(21)18-3-1-2-7(6-18)12(19)20/h4-5,7H,1-3,6H2,(H,17,21)(H,19,20). The van der Waals surface area contributed by atoms with Gasteiger partial charge < -0.3 is 15.3 Å². The van der Waals surface area contributed by atoms with Crippen molar-refractivity contribution in [3.05, 3.63) is 28.0 Å². The van der Waals surface area contributed by atoms with Crippen molar-refractivity contribution < 1.29 is 19.1 Å². The second kappa shape index (κ2) is 6.49. The highest BCUT2D eigenvalue weighted by atomic mass is 35.5. The van der Waals surface area contributed by atoms with Crippen molar-refractivity contribution in [2.24, 2.45) is 5.92 Å². The molecule has 1 fully saturated rings. The summed E-state index contributed by atoms with van der Waals surface area (Å²) in [5.74, 6) is -2.23. The van der Waals surface area contributed by atoms with E-state index in [0.717, 1.165) is 0 Å². The predicted octanol–water partition coefficient (Wildman–Crippen LogP) is 3.46. The van der Waals surface area contributed by atoms with Crippen molar-refractivity contribution in [1.29, 1.82) is 0 Å². The van der Waals surface area contributed by atoms with Gasteiger partial charge in [0.05, 0.1) is 16.0 Å². The molecule has 2 N–H and O–H groups in total. The number of amides is 2. The molecule has 0 bridgehead atoms. The fourth-order valence-electron chi connectivity index (χ4n) is 2.19. The van der Waals surface area contributed by atoms with Crippen molar-refractivity contribution in [3.8, 4) is 0 Å². The number of rotatable bonds is 2. The number of hydrogen-bond acceptors (Lipinski definition) is 2. The average Bonchev–Trinajstić information content (AvgIpc) is 2.44. The number of anilines is 1. The number of carboxylic acids is 1. The molecule has 5 nitrogen and oxygen atoms in total. The molecule has 1 heterocycles. The second-order valence-corrected chi connectivity index (χ2v) is 5.62. The topological polar surface area (TPSA) is 69.6 Å². The smallest absolute Gasteiger partial charge is 0.321 e. The van der Waals surface area contributed by atoms with Gasteiger partial charge in [-0.05, 0) is 25.0 Å². The Morgan fingerprint density at radius 1 is 1.33 bits per heavy atom. The molecule has 0 aromatic heterocycles. The predicted molar refractivity (Wildman–Crippen MR) is 77.4 cm³/mol. The van der Waals surface area contributed by atoms with Gasteiger partial charge in [0.15, 0.2) is 5.82 Å². The van der Waals surface area contributed by atoms with Crippen LogP contribution in [-0.2, 0) is 4.79 Å². The molecular weight excluding hydrogens is 322 g/mol. The lowest BCUT2D eigenvalue weighted by molar-refractivity contribution is -0.143. The van der Waals surface area contributed by atoms with Gasteiger partial charge in [0.25, 0.3) is 0 Å². The van der Waals surface area contributed by atoms with Crippen LogP contribution in [-0.4, -0.2) is 35.1 Å². The first-order valence-corrected chi connectivity index (χ1v) is 7.07. The summed E-state index contributed by atoms with van der Waals surface area (Å²) in [5, 5.41) is 11.1. The summed E-state index contributed by atoms with van der Waals surface area (Å²) in [6.07, 6.45) is 1.17. The minimum Gasteiger partial charge on any atom is -0.481 e. The fraction of sp³-hybridized carbons (Fsp3) is 0.385. The third-order valence-electron chi connectivity index (χ3n) is 3.29. The zero-order valence-corrected chi connectivity index (χ0v) is 12.4. The number of aliphatic carboxylic acids is 1. The van der Waals surface area contributed by atoms with Gasteiger partial charge in [0.1, 0.15) is 0 Å². The number of carbonyl (C=O) groups excluding carboxylic acids is 1. The van der Waals surface area contributed by atoms with E-state index < -0.39 is 23.7 Å². The van der Waals surface area contributed by atoms with Crippen LogP contribution in [0.3, 0.4) is 0 Å². The van der Waals surface area contributed by atoms with Gasteiger partial charge in [-0.25, -0.2) is 9.18 Å². The maximum absolute atomic E-state index is 13.3. The third kappa shape index (κ3) is 3.77. The van der Waals surface area contributed by atoms with Crippen LogP contribution >= 0.6 is 23.2 Å². The Hall–Kier alpha value is -1.53. The van der Waals surface area contributed by atoms with Gasteiger partial charge in [0, 0.05) is 18.8 Å². The van der Waals surface area contributed by atoms with Gasteiger partial charge in [-0.1, -0.05) is 23.2 Å². The van der Waals surface area contributed by atoms with E-state index in [4.69, 9.17) is 28.3 Å². The van der Waals surface area contributed by atoms with Gasteiger partial charge in [-0.2, -0.15) is 0 Å². The number of carbonyl (C=O) groups is 2. The molecule has 21 heavy (non-hydrogen) atoms. The number of benzene rings is 1. The Morgan fingerprint density at radius 3 is 2.52 bits per heavy atom.